The molecule has 0 rings (SSSR count). The van der Waals surface area contributed by atoms with Gasteiger partial charge >= 0.3 is 0 Å². The molecule has 0 saturated carbocycles. The molecule has 0 aliphatic carbocycles. The predicted molar refractivity (Wildman–Crippen MR) is 61.8 cm³/mol. The summed E-state index contributed by atoms with van der Waals surface area (Å²) in [5.74, 6) is 0.0137. The first-order chi connectivity index (χ1) is 7.11. The predicted octanol–water partition coefficient (Wildman–Crippen LogP) is 0.692. The number of ether oxygens (including phenoxy) is 1. The lowest BCUT2D eigenvalue weighted by molar-refractivity contribution is -0.122. The Balaban J connectivity index is 3.64. The van der Waals surface area contributed by atoms with E-state index in [0.717, 1.165) is 6.42 Å². The minimum absolute atomic E-state index is 0.0137. The number of rotatable bonds is 8. The van der Waals surface area contributed by atoms with Crippen LogP contribution in [0.15, 0.2) is 12.7 Å². The van der Waals surface area contributed by atoms with Crippen LogP contribution in [-0.4, -0.2) is 38.3 Å². The molecule has 15 heavy (non-hydrogen) atoms. The lowest BCUT2D eigenvalue weighted by Gasteiger charge is -2.16. The Bertz CT molecular complexity index is 195. The van der Waals surface area contributed by atoms with Crippen molar-refractivity contribution in [3.05, 3.63) is 12.7 Å². The first-order valence-corrected chi connectivity index (χ1v) is 5.27. The van der Waals surface area contributed by atoms with E-state index in [9.17, 15) is 4.79 Å². The second kappa shape index (κ2) is 8.44. The van der Waals surface area contributed by atoms with E-state index in [1.807, 2.05) is 13.8 Å². The highest BCUT2D eigenvalue weighted by atomic mass is 16.5. The zero-order valence-corrected chi connectivity index (χ0v) is 9.88. The van der Waals surface area contributed by atoms with Crippen LogP contribution in [0.1, 0.15) is 20.3 Å². The van der Waals surface area contributed by atoms with Crippen molar-refractivity contribution in [2.24, 2.45) is 0 Å². The fourth-order valence-corrected chi connectivity index (χ4v) is 1.12. The Morgan fingerprint density at radius 2 is 2.20 bits per heavy atom. The molecule has 0 aromatic heterocycles. The van der Waals surface area contributed by atoms with E-state index in [2.05, 4.69) is 17.2 Å². The fourth-order valence-electron chi connectivity index (χ4n) is 1.12. The van der Waals surface area contributed by atoms with Crippen molar-refractivity contribution in [3.8, 4) is 0 Å². The molecule has 0 fully saturated rings. The number of carbonyl (C=O) groups is 1. The van der Waals surface area contributed by atoms with Crippen molar-refractivity contribution in [3.63, 3.8) is 0 Å². The summed E-state index contributed by atoms with van der Waals surface area (Å²) in [5, 5.41) is 5.94. The van der Waals surface area contributed by atoms with Crippen molar-refractivity contribution in [1.82, 2.24) is 10.6 Å². The van der Waals surface area contributed by atoms with Crippen LogP contribution in [0.3, 0.4) is 0 Å². The average Bonchev–Trinajstić information content (AvgIpc) is 2.23. The highest BCUT2D eigenvalue weighted by Crippen LogP contribution is 1.89. The summed E-state index contributed by atoms with van der Waals surface area (Å²) in [7, 11) is 1.65. The van der Waals surface area contributed by atoms with Gasteiger partial charge < -0.3 is 15.4 Å². The quantitative estimate of drug-likeness (QED) is 0.462. The lowest BCUT2D eigenvalue weighted by atomic mass is 10.2. The summed E-state index contributed by atoms with van der Waals surface area (Å²) in [4.78, 5) is 11.5. The molecular weight excluding hydrogens is 192 g/mol. The molecule has 0 spiro atoms. The highest BCUT2D eigenvalue weighted by molar-refractivity contribution is 5.81. The van der Waals surface area contributed by atoms with Crippen LogP contribution in [0.5, 0.6) is 0 Å². The summed E-state index contributed by atoms with van der Waals surface area (Å²) < 4.78 is 4.89. The molecule has 4 nitrogen and oxygen atoms in total. The number of amides is 1. The summed E-state index contributed by atoms with van der Waals surface area (Å²) in [5.41, 5.74) is 0. The van der Waals surface area contributed by atoms with Crippen LogP contribution < -0.4 is 10.6 Å². The SMILES string of the molecule is C=CC(C)NC(C)C(=O)NCCCOC. The monoisotopic (exact) mass is 214 g/mol. The highest BCUT2D eigenvalue weighted by Gasteiger charge is 2.12. The molecule has 2 unspecified atom stereocenters. The zero-order chi connectivity index (χ0) is 11.7. The third-order valence-corrected chi connectivity index (χ3v) is 2.08. The Morgan fingerprint density at radius 1 is 1.53 bits per heavy atom. The molecule has 0 aliphatic heterocycles. The van der Waals surface area contributed by atoms with Crippen molar-refractivity contribution in [2.75, 3.05) is 20.3 Å². The number of nitrogens with one attached hydrogen (secondary N) is 2. The van der Waals surface area contributed by atoms with Gasteiger partial charge in [0.2, 0.25) is 5.91 Å². The van der Waals surface area contributed by atoms with Gasteiger partial charge in [-0.15, -0.1) is 6.58 Å². The van der Waals surface area contributed by atoms with Crippen LogP contribution in [-0.2, 0) is 9.53 Å². The van der Waals surface area contributed by atoms with Crippen molar-refractivity contribution in [2.45, 2.75) is 32.4 Å². The normalized spacial score (nSPS) is 14.3. The molecule has 88 valence electrons. The van der Waals surface area contributed by atoms with E-state index < -0.39 is 0 Å². The Kier molecular flexibility index (Phi) is 7.95. The lowest BCUT2D eigenvalue weighted by Crippen LogP contribution is -2.45. The second-order valence-corrected chi connectivity index (χ2v) is 3.55. The zero-order valence-electron chi connectivity index (χ0n) is 9.88. The van der Waals surface area contributed by atoms with Gasteiger partial charge in [-0.1, -0.05) is 6.08 Å². The van der Waals surface area contributed by atoms with Gasteiger partial charge in [-0.3, -0.25) is 4.79 Å². The van der Waals surface area contributed by atoms with E-state index in [1.165, 1.54) is 0 Å². The van der Waals surface area contributed by atoms with Gasteiger partial charge in [0.1, 0.15) is 0 Å². The van der Waals surface area contributed by atoms with E-state index >= 15 is 0 Å². The van der Waals surface area contributed by atoms with Gasteiger partial charge in [-0.25, -0.2) is 0 Å². The van der Waals surface area contributed by atoms with Crippen molar-refractivity contribution >= 4 is 5.91 Å². The summed E-state index contributed by atoms with van der Waals surface area (Å²) in [6, 6.07) is -0.0507. The molecule has 2 N–H and O–H groups in total. The number of carbonyl (C=O) groups excluding carboxylic acids is 1. The van der Waals surface area contributed by atoms with Crippen molar-refractivity contribution < 1.29 is 9.53 Å². The molecule has 0 bridgehead atoms. The maximum absolute atomic E-state index is 11.5. The summed E-state index contributed by atoms with van der Waals surface area (Å²) >= 11 is 0. The first-order valence-electron chi connectivity index (χ1n) is 5.27. The Hall–Kier alpha value is -0.870. The second-order valence-electron chi connectivity index (χ2n) is 3.55. The Labute approximate surface area is 92.1 Å². The summed E-state index contributed by atoms with van der Waals surface area (Å²) in [6.45, 7) is 8.77. The molecule has 2 atom stereocenters. The van der Waals surface area contributed by atoms with Crippen LogP contribution in [0, 0.1) is 0 Å². The van der Waals surface area contributed by atoms with E-state index in [-0.39, 0.29) is 18.0 Å². The molecule has 4 heteroatoms. The van der Waals surface area contributed by atoms with Crippen LogP contribution in [0.4, 0.5) is 0 Å². The minimum Gasteiger partial charge on any atom is -0.385 e. The smallest absolute Gasteiger partial charge is 0.236 e. The summed E-state index contributed by atoms with van der Waals surface area (Å²) in [6.07, 6.45) is 2.61. The van der Waals surface area contributed by atoms with E-state index in [0.29, 0.717) is 13.2 Å². The largest absolute Gasteiger partial charge is 0.385 e. The fraction of sp³-hybridized carbons (Fsp3) is 0.727. The van der Waals surface area contributed by atoms with Gasteiger partial charge in [-0.05, 0) is 20.3 Å². The molecule has 1 amide bonds. The number of hydrogen-bond donors (Lipinski definition) is 2. The van der Waals surface area contributed by atoms with Gasteiger partial charge in [0.05, 0.1) is 6.04 Å². The van der Waals surface area contributed by atoms with Gasteiger partial charge in [0, 0.05) is 26.3 Å². The van der Waals surface area contributed by atoms with Crippen molar-refractivity contribution in [1.29, 1.82) is 0 Å². The molecule has 0 heterocycles. The molecule has 0 aromatic rings. The molecule has 0 aromatic carbocycles. The molecule has 0 saturated heterocycles. The van der Waals surface area contributed by atoms with Crippen LogP contribution >= 0.6 is 0 Å². The first kappa shape index (κ1) is 14.1. The standard InChI is InChI=1S/C11H22N2O2/c1-5-9(2)13-10(3)11(14)12-7-6-8-15-4/h5,9-10,13H,1,6-8H2,2-4H3,(H,12,14). The van der Waals surface area contributed by atoms with Crippen LogP contribution in [0.2, 0.25) is 0 Å². The third kappa shape index (κ3) is 7.11. The minimum atomic E-state index is -0.194. The van der Waals surface area contributed by atoms with E-state index in [1.54, 1.807) is 13.2 Å². The van der Waals surface area contributed by atoms with E-state index in [4.69, 9.17) is 4.74 Å². The number of hydrogen-bond acceptors (Lipinski definition) is 3. The average molecular weight is 214 g/mol. The van der Waals surface area contributed by atoms with Gasteiger partial charge in [0.25, 0.3) is 0 Å². The van der Waals surface area contributed by atoms with Gasteiger partial charge in [-0.2, -0.15) is 0 Å². The number of methoxy groups -OCH3 is 1. The maximum Gasteiger partial charge on any atom is 0.236 e. The van der Waals surface area contributed by atoms with Crippen LogP contribution in [0.25, 0.3) is 0 Å². The van der Waals surface area contributed by atoms with Gasteiger partial charge in [0.15, 0.2) is 0 Å². The molecule has 0 aliphatic rings. The Morgan fingerprint density at radius 3 is 2.73 bits per heavy atom. The third-order valence-electron chi connectivity index (χ3n) is 2.08. The maximum atomic E-state index is 11.5. The molecular formula is C11H22N2O2. The topological polar surface area (TPSA) is 50.4 Å². The molecule has 0 radical (unpaired) electrons.